The van der Waals surface area contributed by atoms with Crippen molar-refractivity contribution in [1.29, 1.82) is 0 Å². The minimum Gasteiger partial charge on any atom is -0.873 e. The SMILES string of the molecule is Cc1cccc(C(C)C)c1N=Cc1ccccn1.[Ni+2].[O-]c1cc2ccccc2cc1[O-]. The molecule has 5 heteroatoms. The van der Waals surface area contributed by atoms with E-state index in [2.05, 4.69) is 48.9 Å². The largest absolute Gasteiger partial charge is 2.00 e. The molecule has 0 aliphatic rings. The molecule has 0 unspecified atom stereocenters. The van der Waals surface area contributed by atoms with Crippen LogP contribution in [0.2, 0.25) is 0 Å². The number of aromatic nitrogens is 1. The molecular weight excluding hydrogens is 431 g/mol. The van der Waals surface area contributed by atoms with E-state index in [-0.39, 0.29) is 16.5 Å². The van der Waals surface area contributed by atoms with Gasteiger partial charge < -0.3 is 10.2 Å². The van der Waals surface area contributed by atoms with Gasteiger partial charge in [0.05, 0.1) is 17.6 Å². The van der Waals surface area contributed by atoms with Crippen LogP contribution in [0.15, 0.2) is 84.0 Å². The normalized spacial score (nSPS) is 10.6. The Labute approximate surface area is 193 Å². The van der Waals surface area contributed by atoms with E-state index in [9.17, 15) is 10.2 Å². The second-order valence-electron chi connectivity index (χ2n) is 7.33. The Kier molecular flexibility index (Phi) is 8.78. The van der Waals surface area contributed by atoms with Crippen LogP contribution in [0.5, 0.6) is 11.5 Å². The van der Waals surface area contributed by atoms with Crippen molar-refractivity contribution in [2.75, 3.05) is 0 Å². The number of hydrogen-bond acceptors (Lipinski definition) is 4. The van der Waals surface area contributed by atoms with E-state index in [0.29, 0.717) is 5.92 Å². The predicted molar refractivity (Wildman–Crippen MR) is 120 cm³/mol. The van der Waals surface area contributed by atoms with Gasteiger partial charge in [-0.05, 0) is 46.9 Å². The average molecular weight is 455 g/mol. The molecule has 0 amide bonds. The molecule has 0 saturated carbocycles. The zero-order chi connectivity index (χ0) is 21.5. The predicted octanol–water partition coefficient (Wildman–Crippen LogP) is 5.25. The molecule has 4 nitrogen and oxygen atoms in total. The fourth-order valence-corrected chi connectivity index (χ4v) is 3.11. The first-order chi connectivity index (χ1) is 14.5. The summed E-state index contributed by atoms with van der Waals surface area (Å²) in [4.78, 5) is 8.86. The minimum atomic E-state index is -0.436. The van der Waals surface area contributed by atoms with Crippen LogP contribution in [-0.2, 0) is 16.5 Å². The molecule has 0 radical (unpaired) electrons. The number of hydrogen-bond donors (Lipinski definition) is 0. The van der Waals surface area contributed by atoms with Gasteiger partial charge in [0.2, 0.25) is 0 Å². The fraction of sp³-hybridized carbons (Fsp3) is 0.154. The number of rotatable bonds is 3. The summed E-state index contributed by atoms with van der Waals surface area (Å²) >= 11 is 0. The van der Waals surface area contributed by atoms with Crippen molar-refractivity contribution >= 4 is 22.7 Å². The fourth-order valence-electron chi connectivity index (χ4n) is 3.11. The molecule has 3 aromatic carbocycles. The molecule has 31 heavy (non-hydrogen) atoms. The molecule has 4 aromatic rings. The van der Waals surface area contributed by atoms with Crippen LogP contribution < -0.4 is 10.2 Å². The Morgan fingerprint density at radius 3 is 2.00 bits per heavy atom. The second-order valence-corrected chi connectivity index (χ2v) is 7.33. The van der Waals surface area contributed by atoms with Gasteiger partial charge in [-0.3, -0.25) is 9.98 Å². The van der Waals surface area contributed by atoms with Crippen LogP contribution in [0, 0.1) is 6.92 Å². The zero-order valence-electron chi connectivity index (χ0n) is 17.7. The molecule has 4 rings (SSSR count). The van der Waals surface area contributed by atoms with Gasteiger partial charge in [-0.1, -0.05) is 74.5 Å². The molecule has 160 valence electrons. The van der Waals surface area contributed by atoms with Crippen molar-refractivity contribution in [1.82, 2.24) is 4.98 Å². The maximum atomic E-state index is 10.9. The van der Waals surface area contributed by atoms with E-state index in [1.165, 1.54) is 23.3 Å². The van der Waals surface area contributed by atoms with Crippen LogP contribution >= 0.6 is 0 Å². The van der Waals surface area contributed by atoms with E-state index < -0.39 is 11.5 Å². The van der Waals surface area contributed by atoms with Crippen LogP contribution in [0.3, 0.4) is 0 Å². The van der Waals surface area contributed by atoms with Gasteiger partial charge in [0.1, 0.15) is 0 Å². The molecule has 0 aliphatic heterocycles. The van der Waals surface area contributed by atoms with Crippen molar-refractivity contribution in [2.45, 2.75) is 26.7 Å². The number of pyridine rings is 1. The summed E-state index contributed by atoms with van der Waals surface area (Å²) in [6.45, 7) is 6.47. The van der Waals surface area contributed by atoms with Gasteiger partial charge in [-0.2, -0.15) is 0 Å². The number of fused-ring (bicyclic) bond motifs is 1. The zero-order valence-corrected chi connectivity index (χ0v) is 18.7. The third-order valence-electron chi connectivity index (χ3n) is 4.72. The third kappa shape index (κ3) is 6.40. The Bertz CT molecular complexity index is 1120. The molecule has 1 heterocycles. The number of nitrogens with zero attached hydrogens (tertiary/aromatic N) is 2. The summed E-state index contributed by atoms with van der Waals surface area (Å²) in [5.74, 6) is -0.400. The van der Waals surface area contributed by atoms with Crippen LogP contribution in [0.4, 0.5) is 5.69 Å². The van der Waals surface area contributed by atoms with Gasteiger partial charge in [0.25, 0.3) is 0 Å². The summed E-state index contributed by atoms with van der Waals surface area (Å²) in [6.07, 6.45) is 3.61. The summed E-state index contributed by atoms with van der Waals surface area (Å²) in [5, 5.41) is 23.5. The second kappa shape index (κ2) is 11.3. The monoisotopic (exact) mass is 454 g/mol. The van der Waals surface area contributed by atoms with Crippen molar-refractivity contribution in [3.63, 3.8) is 0 Å². The quantitative estimate of drug-likeness (QED) is 0.313. The molecule has 0 saturated heterocycles. The average Bonchev–Trinajstić information content (AvgIpc) is 2.74. The molecular formula is C26H24N2NiO2. The van der Waals surface area contributed by atoms with Gasteiger partial charge >= 0.3 is 16.5 Å². The Morgan fingerprint density at radius 2 is 1.45 bits per heavy atom. The van der Waals surface area contributed by atoms with Crippen molar-refractivity contribution < 1.29 is 26.7 Å². The minimum absolute atomic E-state index is 0. The Morgan fingerprint density at radius 1 is 0.839 bits per heavy atom. The Hall–Kier alpha value is -3.17. The first kappa shape index (κ1) is 24.1. The third-order valence-corrected chi connectivity index (χ3v) is 4.72. The topological polar surface area (TPSA) is 71.4 Å². The first-order valence-electron chi connectivity index (χ1n) is 9.87. The summed E-state index contributed by atoms with van der Waals surface area (Å²) < 4.78 is 0. The molecule has 0 spiro atoms. The van der Waals surface area contributed by atoms with Gasteiger partial charge in [-0.15, -0.1) is 11.5 Å². The van der Waals surface area contributed by atoms with Crippen LogP contribution in [0.25, 0.3) is 10.8 Å². The van der Waals surface area contributed by atoms with E-state index in [4.69, 9.17) is 0 Å². The molecule has 0 fully saturated rings. The maximum Gasteiger partial charge on any atom is 2.00 e. The van der Waals surface area contributed by atoms with Crippen molar-refractivity contribution in [3.8, 4) is 11.5 Å². The summed E-state index contributed by atoms with van der Waals surface area (Å²) in [5.41, 5.74) is 4.43. The summed E-state index contributed by atoms with van der Waals surface area (Å²) in [6, 6.07) is 22.2. The van der Waals surface area contributed by atoms with Gasteiger partial charge in [-0.25, -0.2) is 0 Å². The van der Waals surface area contributed by atoms with Crippen molar-refractivity contribution in [3.05, 3.63) is 95.8 Å². The number of benzene rings is 3. The molecule has 1 aromatic heterocycles. The Balaban J connectivity index is 0.000000229. The molecule has 0 bridgehead atoms. The van der Waals surface area contributed by atoms with Crippen LogP contribution in [-0.4, -0.2) is 11.2 Å². The number of aliphatic imine (C=N–C) groups is 1. The maximum absolute atomic E-state index is 10.9. The van der Waals surface area contributed by atoms with E-state index in [1.807, 2.05) is 48.7 Å². The number of aryl methyl sites for hydroxylation is 1. The summed E-state index contributed by atoms with van der Waals surface area (Å²) in [7, 11) is 0. The standard InChI is InChI=1S/C16H18N2.C10H8O2.Ni/c1-12(2)15-9-6-7-13(3)16(15)18-11-14-8-4-5-10-17-14;11-9-5-7-3-1-2-4-8(7)6-10(9)12;/h4-12H,1-3H3;1-6,11-12H;/q;;+2/p-2. The van der Waals surface area contributed by atoms with Gasteiger partial charge in [0, 0.05) is 6.20 Å². The molecule has 0 aliphatic carbocycles. The number of para-hydroxylation sites is 1. The van der Waals surface area contributed by atoms with Crippen LogP contribution in [0.1, 0.15) is 36.6 Å². The van der Waals surface area contributed by atoms with E-state index in [1.54, 1.807) is 6.20 Å². The van der Waals surface area contributed by atoms with E-state index >= 15 is 0 Å². The van der Waals surface area contributed by atoms with Gasteiger partial charge in [0.15, 0.2) is 0 Å². The molecule has 0 N–H and O–H groups in total. The molecule has 0 atom stereocenters. The smallest absolute Gasteiger partial charge is 0.873 e. The van der Waals surface area contributed by atoms with Crippen molar-refractivity contribution in [2.24, 2.45) is 4.99 Å². The van der Waals surface area contributed by atoms with E-state index in [0.717, 1.165) is 22.2 Å². The first-order valence-corrected chi connectivity index (χ1v) is 9.87.